The number of rotatable bonds is 7. The largest absolute Gasteiger partial charge is 0.436 e. The van der Waals surface area contributed by atoms with Gasteiger partial charge in [-0.2, -0.15) is 0 Å². The van der Waals surface area contributed by atoms with Gasteiger partial charge >= 0.3 is 6.09 Å². The normalized spacial score (nSPS) is 11.9. The fourth-order valence-corrected chi connectivity index (χ4v) is 1.00. The molecule has 0 aromatic carbocycles. The maximum atomic E-state index is 11.0. The standard InChI is InChI=1S/C10H20N2O3/c1-3-4-5-6-7-12-10(14)15-8(2)9(11)13/h8H,3-7H2,1-2H3,(H2,11,13)(H,12,14). The van der Waals surface area contributed by atoms with Gasteiger partial charge in [-0.3, -0.25) is 4.79 Å². The van der Waals surface area contributed by atoms with E-state index in [1.807, 2.05) is 0 Å². The number of hydrogen-bond donors (Lipinski definition) is 2. The van der Waals surface area contributed by atoms with Crippen molar-refractivity contribution in [2.75, 3.05) is 6.54 Å². The van der Waals surface area contributed by atoms with E-state index >= 15 is 0 Å². The highest BCUT2D eigenvalue weighted by Gasteiger charge is 2.13. The minimum Gasteiger partial charge on any atom is -0.436 e. The summed E-state index contributed by atoms with van der Waals surface area (Å²) in [6.07, 6.45) is 2.87. The summed E-state index contributed by atoms with van der Waals surface area (Å²) in [4.78, 5) is 21.6. The zero-order valence-corrected chi connectivity index (χ0v) is 9.41. The molecule has 5 nitrogen and oxygen atoms in total. The molecule has 0 rings (SSSR count). The number of ether oxygens (including phenoxy) is 1. The Morgan fingerprint density at radius 2 is 2.00 bits per heavy atom. The molecule has 88 valence electrons. The van der Waals surface area contributed by atoms with Gasteiger partial charge in [0.2, 0.25) is 0 Å². The fourth-order valence-electron chi connectivity index (χ4n) is 1.00. The summed E-state index contributed by atoms with van der Waals surface area (Å²) >= 11 is 0. The van der Waals surface area contributed by atoms with Crippen LogP contribution in [-0.2, 0) is 9.53 Å². The number of alkyl carbamates (subject to hydrolysis) is 1. The predicted molar refractivity (Wildman–Crippen MR) is 57.3 cm³/mol. The van der Waals surface area contributed by atoms with E-state index in [1.54, 1.807) is 0 Å². The Labute approximate surface area is 90.4 Å². The van der Waals surface area contributed by atoms with Crippen molar-refractivity contribution in [3.05, 3.63) is 0 Å². The number of carbonyl (C=O) groups is 2. The molecule has 0 aromatic heterocycles. The van der Waals surface area contributed by atoms with Crippen LogP contribution in [0.25, 0.3) is 0 Å². The molecule has 0 saturated carbocycles. The second-order valence-electron chi connectivity index (χ2n) is 3.44. The first-order valence-electron chi connectivity index (χ1n) is 5.31. The highest BCUT2D eigenvalue weighted by atomic mass is 16.6. The van der Waals surface area contributed by atoms with Crippen LogP contribution in [0.2, 0.25) is 0 Å². The van der Waals surface area contributed by atoms with Gasteiger partial charge in [-0.05, 0) is 13.3 Å². The first-order valence-corrected chi connectivity index (χ1v) is 5.31. The van der Waals surface area contributed by atoms with Crippen molar-refractivity contribution >= 4 is 12.0 Å². The van der Waals surface area contributed by atoms with Crippen LogP contribution in [-0.4, -0.2) is 24.6 Å². The highest BCUT2D eigenvalue weighted by Crippen LogP contribution is 1.97. The van der Waals surface area contributed by atoms with Crippen LogP contribution in [0.5, 0.6) is 0 Å². The van der Waals surface area contributed by atoms with E-state index in [0.29, 0.717) is 6.54 Å². The van der Waals surface area contributed by atoms with Crippen LogP contribution in [0.3, 0.4) is 0 Å². The van der Waals surface area contributed by atoms with Crippen molar-refractivity contribution in [2.24, 2.45) is 5.73 Å². The zero-order chi connectivity index (χ0) is 11.7. The molecule has 1 atom stereocenters. The average Bonchev–Trinajstić information content (AvgIpc) is 2.17. The summed E-state index contributed by atoms with van der Waals surface area (Å²) in [6.45, 7) is 4.14. The molecular weight excluding hydrogens is 196 g/mol. The van der Waals surface area contributed by atoms with Crippen LogP contribution >= 0.6 is 0 Å². The monoisotopic (exact) mass is 216 g/mol. The molecule has 0 saturated heterocycles. The molecule has 0 aromatic rings. The Bertz CT molecular complexity index is 207. The van der Waals surface area contributed by atoms with Gasteiger partial charge in [0, 0.05) is 6.54 Å². The molecule has 3 N–H and O–H groups in total. The van der Waals surface area contributed by atoms with Crippen LogP contribution in [0.1, 0.15) is 39.5 Å². The van der Waals surface area contributed by atoms with E-state index < -0.39 is 18.1 Å². The third kappa shape index (κ3) is 7.78. The Kier molecular flexibility index (Phi) is 7.40. The van der Waals surface area contributed by atoms with Gasteiger partial charge in [0.05, 0.1) is 0 Å². The van der Waals surface area contributed by atoms with Gasteiger partial charge in [-0.1, -0.05) is 26.2 Å². The van der Waals surface area contributed by atoms with E-state index in [4.69, 9.17) is 10.5 Å². The maximum absolute atomic E-state index is 11.0. The summed E-state index contributed by atoms with van der Waals surface area (Å²) < 4.78 is 4.69. The third-order valence-corrected chi connectivity index (χ3v) is 1.98. The third-order valence-electron chi connectivity index (χ3n) is 1.98. The molecule has 15 heavy (non-hydrogen) atoms. The summed E-state index contributed by atoms with van der Waals surface area (Å²) in [6, 6.07) is 0. The van der Waals surface area contributed by atoms with Crippen LogP contribution < -0.4 is 11.1 Å². The van der Waals surface area contributed by atoms with Gasteiger partial charge in [-0.25, -0.2) is 4.79 Å². The quantitative estimate of drug-likeness (QED) is 0.627. The molecule has 2 amide bonds. The van der Waals surface area contributed by atoms with Crippen LogP contribution in [0, 0.1) is 0 Å². The predicted octanol–water partition coefficient (Wildman–Crippen LogP) is 1.17. The lowest BCUT2D eigenvalue weighted by molar-refractivity contribution is -0.125. The Morgan fingerprint density at radius 3 is 2.53 bits per heavy atom. The molecule has 0 aliphatic carbocycles. The van der Waals surface area contributed by atoms with E-state index in [9.17, 15) is 9.59 Å². The van der Waals surface area contributed by atoms with Crippen molar-refractivity contribution in [2.45, 2.75) is 45.6 Å². The average molecular weight is 216 g/mol. The number of carbonyl (C=O) groups excluding carboxylic acids is 2. The zero-order valence-electron chi connectivity index (χ0n) is 9.41. The molecule has 5 heteroatoms. The van der Waals surface area contributed by atoms with E-state index in [1.165, 1.54) is 6.92 Å². The molecule has 0 bridgehead atoms. The second kappa shape index (κ2) is 8.08. The van der Waals surface area contributed by atoms with Gasteiger partial charge in [0.15, 0.2) is 6.10 Å². The lowest BCUT2D eigenvalue weighted by atomic mass is 10.2. The summed E-state index contributed by atoms with van der Waals surface area (Å²) in [5, 5.41) is 2.56. The SMILES string of the molecule is CCCCCCNC(=O)OC(C)C(N)=O. The van der Waals surface area contributed by atoms with Gasteiger partial charge in [0.25, 0.3) is 5.91 Å². The minimum absolute atomic E-state index is 0.574. The smallest absolute Gasteiger partial charge is 0.407 e. The summed E-state index contributed by atoms with van der Waals surface area (Å²) in [5.41, 5.74) is 4.93. The molecule has 1 unspecified atom stereocenters. The van der Waals surface area contributed by atoms with Crippen molar-refractivity contribution in [3.8, 4) is 0 Å². The number of unbranched alkanes of at least 4 members (excludes halogenated alkanes) is 3. The Hall–Kier alpha value is -1.26. The highest BCUT2D eigenvalue weighted by molar-refractivity contribution is 5.81. The molecule has 0 heterocycles. The molecular formula is C10H20N2O3. The van der Waals surface area contributed by atoms with Gasteiger partial charge in [0.1, 0.15) is 0 Å². The molecule has 0 aliphatic heterocycles. The summed E-state index contributed by atoms with van der Waals surface area (Å²) in [5.74, 6) is -0.642. The van der Waals surface area contributed by atoms with E-state index in [0.717, 1.165) is 25.7 Å². The topological polar surface area (TPSA) is 81.4 Å². The van der Waals surface area contributed by atoms with Crippen molar-refractivity contribution in [1.82, 2.24) is 5.32 Å². The second-order valence-corrected chi connectivity index (χ2v) is 3.44. The number of nitrogens with two attached hydrogens (primary N) is 1. The number of nitrogens with one attached hydrogen (secondary N) is 1. The number of hydrogen-bond acceptors (Lipinski definition) is 3. The molecule has 0 aliphatic rings. The first-order chi connectivity index (χ1) is 7.07. The number of amides is 2. The number of primary amides is 1. The van der Waals surface area contributed by atoms with Crippen molar-refractivity contribution in [3.63, 3.8) is 0 Å². The van der Waals surface area contributed by atoms with Gasteiger partial charge in [-0.15, -0.1) is 0 Å². The van der Waals surface area contributed by atoms with Crippen molar-refractivity contribution < 1.29 is 14.3 Å². The Balaban J connectivity index is 3.45. The first kappa shape index (κ1) is 13.7. The Morgan fingerprint density at radius 1 is 1.33 bits per heavy atom. The lowest BCUT2D eigenvalue weighted by Crippen LogP contribution is -2.35. The lowest BCUT2D eigenvalue weighted by Gasteiger charge is -2.10. The molecule has 0 fully saturated rings. The van der Waals surface area contributed by atoms with Gasteiger partial charge < -0.3 is 15.8 Å². The van der Waals surface area contributed by atoms with Crippen LogP contribution in [0.4, 0.5) is 4.79 Å². The van der Waals surface area contributed by atoms with E-state index in [-0.39, 0.29) is 0 Å². The molecule has 0 radical (unpaired) electrons. The maximum Gasteiger partial charge on any atom is 0.407 e. The minimum atomic E-state index is -0.874. The van der Waals surface area contributed by atoms with Crippen molar-refractivity contribution in [1.29, 1.82) is 0 Å². The fraction of sp³-hybridized carbons (Fsp3) is 0.800. The van der Waals surface area contributed by atoms with E-state index in [2.05, 4.69) is 12.2 Å². The summed E-state index contributed by atoms with van der Waals surface area (Å²) in [7, 11) is 0. The molecule has 0 spiro atoms. The van der Waals surface area contributed by atoms with Crippen LogP contribution in [0.15, 0.2) is 0 Å².